The minimum absolute atomic E-state index is 0.351. The molecule has 1 fully saturated rings. The molecule has 15 heavy (non-hydrogen) atoms. The summed E-state index contributed by atoms with van der Waals surface area (Å²) >= 11 is 0. The Morgan fingerprint density at radius 3 is 2.67 bits per heavy atom. The Balaban J connectivity index is 2.50. The summed E-state index contributed by atoms with van der Waals surface area (Å²) in [7, 11) is 0. The summed E-state index contributed by atoms with van der Waals surface area (Å²) in [5.74, 6) is 0.351. The van der Waals surface area contributed by atoms with Crippen molar-refractivity contribution in [1.29, 1.82) is 5.26 Å². The van der Waals surface area contributed by atoms with Crippen molar-refractivity contribution in [2.24, 2.45) is 0 Å². The topological polar surface area (TPSA) is 82.9 Å². The zero-order valence-corrected chi connectivity index (χ0v) is 8.40. The van der Waals surface area contributed by atoms with Crippen LogP contribution in [-0.4, -0.2) is 10.1 Å². The summed E-state index contributed by atoms with van der Waals surface area (Å²) in [6, 6.07) is 5.25. The molecule has 0 aliphatic heterocycles. The number of nitriles is 1. The van der Waals surface area contributed by atoms with Gasteiger partial charge in [-0.05, 0) is 25.0 Å². The molecule has 0 radical (unpaired) electrons. The molecule has 1 saturated carbocycles. The molecule has 1 aromatic rings. The Bertz CT molecular complexity index is 416. The van der Waals surface area contributed by atoms with Crippen molar-refractivity contribution >= 4 is 5.82 Å². The largest absolute Gasteiger partial charge is 0.384 e. The molecule has 0 bridgehead atoms. The number of nitrogens with zero attached hydrogens (tertiary/aromatic N) is 2. The highest BCUT2D eigenvalue weighted by Gasteiger charge is 2.36. The first-order valence-electron chi connectivity index (χ1n) is 5.05. The Labute approximate surface area is 88.4 Å². The molecule has 2 rings (SSSR count). The Kier molecular flexibility index (Phi) is 2.33. The maximum absolute atomic E-state index is 10.3. The molecule has 1 heterocycles. The number of hydrogen-bond donors (Lipinski definition) is 2. The van der Waals surface area contributed by atoms with Crippen molar-refractivity contribution in [2.45, 2.75) is 31.3 Å². The van der Waals surface area contributed by atoms with Crippen LogP contribution in [0.4, 0.5) is 5.82 Å². The van der Waals surface area contributed by atoms with Crippen molar-refractivity contribution in [3.8, 4) is 6.07 Å². The van der Waals surface area contributed by atoms with E-state index in [0.717, 1.165) is 12.8 Å². The van der Waals surface area contributed by atoms with Crippen LogP contribution in [0.5, 0.6) is 0 Å². The van der Waals surface area contributed by atoms with Gasteiger partial charge in [-0.15, -0.1) is 0 Å². The molecule has 0 spiro atoms. The number of hydrogen-bond acceptors (Lipinski definition) is 4. The molecule has 0 atom stereocenters. The fourth-order valence-electron chi connectivity index (χ4n) is 2.12. The normalized spacial score (nSPS) is 18.7. The third kappa shape index (κ3) is 1.66. The number of anilines is 1. The molecule has 0 saturated heterocycles. The second-order valence-electron chi connectivity index (χ2n) is 3.98. The molecule has 4 nitrogen and oxygen atoms in total. The van der Waals surface area contributed by atoms with Gasteiger partial charge in [0.15, 0.2) is 0 Å². The molecular weight excluding hydrogens is 190 g/mol. The highest BCUT2D eigenvalue weighted by Crippen LogP contribution is 2.39. The molecule has 0 unspecified atom stereocenters. The van der Waals surface area contributed by atoms with Crippen LogP contribution in [0.2, 0.25) is 0 Å². The predicted molar refractivity (Wildman–Crippen MR) is 55.7 cm³/mol. The van der Waals surface area contributed by atoms with Crippen LogP contribution in [-0.2, 0) is 5.60 Å². The van der Waals surface area contributed by atoms with E-state index in [-0.39, 0.29) is 0 Å². The van der Waals surface area contributed by atoms with Crippen LogP contribution < -0.4 is 5.73 Å². The first kappa shape index (κ1) is 9.94. The van der Waals surface area contributed by atoms with Crippen molar-refractivity contribution in [2.75, 3.05) is 5.73 Å². The van der Waals surface area contributed by atoms with E-state index >= 15 is 0 Å². The van der Waals surface area contributed by atoms with E-state index in [9.17, 15) is 5.11 Å². The van der Waals surface area contributed by atoms with Crippen molar-refractivity contribution < 1.29 is 5.11 Å². The van der Waals surface area contributed by atoms with E-state index in [1.807, 2.05) is 6.07 Å². The van der Waals surface area contributed by atoms with Crippen LogP contribution >= 0.6 is 0 Å². The van der Waals surface area contributed by atoms with E-state index in [1.165, 1.54) is 0 Å². The van der Waals surface area contributed by atoms with Crippen molar-refractivity contribution in [3.63, 3.8) is 0 Å². The monoisotopic (exact) mass is 203 g/mol. The van der Waals surface area contributed by atoms with Gasteiger partial charge in [-0.1, -0.05) is 12.8 Å². The molecule has 1 aromatic heterocycles. The van der Waals surface area contributed by atoms with Crippen molar-refractivity contribution in [3.05, 3.63) is 23.4 Å². The van der Waals surface area contributed by atoms with E-state index in [1.54, 1.807) is 12.1 Å². The van der Waals surface area contributed by atoms with Gasteiger partial charge in [0.05, 0.1) is 11.3 Å². The van der Waals surface area contributed by atoms with E-state index in [2.05, 4.69) is 4.98 Å². The molecule has 1 aliphatic rings. The second kappa shape index (κ2) is 3.52. The number of nitrogen functional groups attached to an aromatic ring is 1. The Hall–Kier alpha value is -1.60. The van der Waals surface area contributed by atoms with Crippen LogP contribution in [0.3, 0.4) is 0 Å². The van der Waals surface area contributed by atoms with E-state index in [0.29, 0.717) is 29.9 Å². The van der Waals surface area contributed by atoms with Gasteiger partial charge in [-0.25, -0.2) is 4.98 Å². The van der Waals surface area contributed by atoms with Crippen LogP contribution in [0.1, 0.15) is 36.9 Å². The molecule has 1 aliphatic carbocycles. The molecule has 0 aromatic carbocycles. The van der Waals surface area contributed by atoms with Crippen LogP contribution in [0, 0.1) is 11.3 Å². The van der Waals surface area contributed by atoms with E-state index in [4.69, 9.17) is 11.0 Å². The van der Waals surface area contributed by atoms with Gasteiger partial charge in [0.25, 0.3) is 0 Å². The minimum atomic E-state index is -0.944. The SMILES string of the molecule is N#Cc1ccc(N)nc1C1(O)CCCC1. The summed E-state index contributed by atoms with van der Waals surface area (Å²) in [5.41, 5.74) is 5.50. The summed E-state index contributed by atoms with van der Waals surface area (Å²) in [4.78, 5) is 4.10. The maximum atomic E-state index is 10.3. The number of pyridine rings is 1. The fourth-order valence-corrected chi connectivity index (χ4v) is 2.12. The number of aliphatic hydroxyl groups is 1. The third-order valence-corrected chi connectivity index (χ3v) is 2.91. The molecule has 4 heteroatoms. The third-order valence-electron chi connectivity index (χ3n) is 2.91. The first-order chi connectivity index (χ1) is 7.15. The molecular formula is C11H13N3O. The Morgan fingerprint density at radius 1 is 1.40 bits per heavy atom. The lowest BCUT2D eigenvalue weighted by Crippen LogP contribution is -2.24. The van der Waals surface area contributed by atoms with Crippen molar-refractivity contribution in [1.82, 2.24) is 4.98 Å². The molecule has 3 N–H and O–H groups in total. The summed E-state index contributed by atoms with van der Waals surface area (Å²) in [6.07, 6.45) is 3.27. The second-order valence-corrected chi connectivity index (χ2v) is 3.98. The minimum Gasteiger partial charge on any atom is -0.384 e. The highest BCUT2D eigenvalue weighted by molar-refractivity contribution is 5.43. The number of rotatable bonds is 1. The van der Waals surface area contributed by atoms with Gasteiger partial charge < -0.3 is 10.8 Å². The maximum Gasteiger partial charge on any atom is 0.123 e. The molecule has 78 valence electrons. The quantitative estimate of drug-likeness (QED) is 0.720. The van der Waals surface area contributed by atoms with Crippen LogP contribution in [0.15, 0.2) is 12.1 Å². The Morgan fingerprint density at radius 2 is 2.07 bits per heavy atom. The smallest absolute Gasteiger partial charge is 0.123 e. The lowest BCUT2D eigenvalue weighted by molar-refractivity contribution is 0.0398. The fraction of sp³-hybridized carbons (Fsp3) is 0.455. The lowest BCUT2D eigenvalue weighted by atomic mass is 9.94. The highest BCUT2D eigenvalue weighted by atomic mass is 16.3. The summed E-state index contributed by atoms with van der Waals surface area (Å²) < 4.78 is 0. The van der Waals surface area contributed by atoms with Gasteiger partial charge in [-0.2, -0.15) is 5.26 Å². The van der Waals surface area contributed by atoms with Crippen LogP contribution in [0.25, 0.3) is 0 Å². The average molecular weight is 203 g/mol. The number of nitrogens with two attached hydrogens (primary N) is 1. The van der Waals surface area contributed by atoms with Gasteiger partial charge in [0.2, 0.25) is 0 Å². The molecule has 0 amide bonds. The predicted octanol–water partition coefficient (Wildman–Crippen LogP) is 1.30. The van der Waals surface area contributed by atoms with Gasteiger partial charge in [0, 0.05) is 0 Å². The van der Waals surface area contributed by atoms with Gasteiger partial charge in [-0.3, -0.25) is 0 Å². The first-order valence-corrected chi connectivity index (χ1v) is 5.05. The van der Waals surface area contributed by atoms with E-state index < -0.39 is 5.60 Å². The van der Waals surface area contributed by atoms with Gasteiger partial charge >= 0.3 is 0 Å². The lowest BCUT2D eigenvalue weighted by Gasteiger charge is -2.22. The standard InChI is InChI=1S/C11H13N3O/c12-7-8-3-4-9(13)14-10(8)11(15)5-1-2-6-11/h3-4,15H,1-2,5-6H2,(H2,13,14). The number of aromatic nitrogens is 1. The zero-order valence-electron chi connectivity index (χ0n) is 8.40. The summed E-state index contributed by atoms with van der Waals surface area (Å²) in [6.45, 7) is 0. The summed E-state index contributed by atoms with van der Waals surface area (Å²) in [5, 5.41) is 19.3. The average Bonchev–Trinajstić information content (AvgIpc) is 2.66. The zero-order chi connectivity index (χ0) is 10.9. The van der Waals surface area contributed by atoms with Gasteiger partial charge in [0.1, 0.15) is 17.5 Å².